The zero-order chi connectivity index (χ0) is 13.8. The number of ketones is 1. The number of aromatic nitrogens is 1. The molecule has 0 spiro atoms. The molecule has 0 bridgehead atoms. The number of hydrogen-bond donors (Lipinski definition) is 0. The van der Waals surface area contributed by atoms with Crippen molar-refractivity contribution in [3.63, 3.8) is 0 Å². The molecule has 1 aromatic heterocycles. The van der Waals surface area contributed by atoms with Crippen molar-refractivity contribution in [1.82, 2.24) is 9.88 Å². The molecule has 0 unspecified atom stereocenters. The van der Waals surface area contributed by atoms with Gasteiger partial charge in [-0.2, -0.15) is 0 Å². The van der Waals surface area contributed by atoms with E-state index >= 15 is 0 Å². The van der Waals surface area contributed by atoms with Gasteiger partial charge in [0.1, 0.15) is 0 Å². The highest BCUT2D eigenvalue weighted by atomic mass is 16.1. The number of Topliss-reactive ketones (excluding diaryl/α,β-unsaturated/α-hetero) is 1. The summed E-state index contributed by atoms with van der Waals surface area (Å²) in [6.45, 7) is 3.00. The van der Waals surface area contributed by atoms with E-state index in [0.29, 0.717) is 6.42 Å². The Morgan fingerprint density at radius 1 is 1.10 bits per heavy atom. The standard InChI is InChI=1S/C17H18N2O/c20-17(14-7-3-9-18-11-14)8-4-10-19-12-15-5-1-2-6-16(15)13-19/h1-3,5-7,9,11H,4,8,10,12-13H2. The van der Waals surface area contributed by atoms with E-state index in [4.69, 9.17) is 0 Å². The fourth-order valence-corrected chi connectivity index (χ4v) is 2.70. The minimum absolute atomic E-state index is 0.190. The number of carbonyl (C=O) groups excluding carboxylic acids is 1. The van der Waals surface area contributed by atoms with E-state index < -0.39 is 0 Å². The molecule has 20 heavy (non-hydrogen) atoms. The van der Waals surface area contributed by atoms with E-state index in [-0.39, 0.29) is 5.78 Å². The summed E-state index contributed by atoms with van der Waals surface area (Å²) in [6, 6.07) is 12.2. The summed E-state index contributed by atoms with van der Waals surface area (Å²) in [7, 11) is 0. The molecule has 0 atom stereocenters. The van der Waals surface area contributed by atoms with Crippen LogP contribution < -0.4 is 0 Å². The molecule has 0 amide bonds. The largest absolute Gasteiger partial charge is 0.295 e. The molecule has 0 fully saturated rings. The van der Waals surface area contributed by atoms with Crippen LogP contribution in [-0.4, -0.2) is 22.2 Å². The van der Waals surface area contributed by atoms with Crippen molar-refractivity contribution in [3.05, 3.63) is 65.5 Å². The first-order chi connectivity index (χ1) is 9.83. The van der Waals surface area contributed by atoms with Gasteiger partial charge in [0, 0.05) is 37.5 Å². The molecule has 0 saturated heterocycles. The van der Waals surface area contributed by atoms with Gasteiger partial charge in [0.25, 0.3) is 0 Å². The fourth-order valence-electron chi connectivity index (χ4n) is 2.70. The third-order valence-electron chi connectivity index (χ3n) is 3.77. The third kappa shape index (κ3) is 2.94. The lowest BCUT2D eigenvalue weighted by Crippen LogP contribution is -2.18. The first-order valence-electron chi connectivity index (χ1n) is 7.05. The average molecular weight is 266 g/mol. The molecular weight excluding hydrogens is 248 g/mol. The summed E-state index contributed by atoms with van der Waals surface area (Å²) in [5, 5.41) is 0. The van der Waals surface area contributed by atoms with Crippen molar-refractivity contribution < 1.29 is 4.79 Å². The number of fused-ring (bicyclic) bond motifs is 1. The Labute approximate surface area is 119 Å². The van der Waals surface area contributed by atoms with Crippen LogP contribution in [0, 0.1) is 0 Å². The Morgan fingerprint density at radius 2 is 1.85 bits per heavy atom. The number of hydrogen-bond acceptors (Lipinski definition) is 3. The summed E-state index contributed by atoms with van der Waals surface area (Å²) in [5.41, 5.74) is 3.56. The molecule has 0 radical (unpaired) electrons. The van der Waals surface area contributed by atoms with Crippen LogP contribution in [0.15, 0.2) is 48.8 Å². The summed E-state index contributed by atoms with van der Waals surface area (Å²) in [5.74, 6) is 0.190. The van der Waals surface area contributed by atoms with Crippen molar-refractivity contribution in [1.29, 1.82) is 0 Å². The van der Waals surface area contributed by atoms with Gasteiger partial charge in [-0.15, -0.1) is 0 Å². The first-order valence-corrected chi connectivity index (χ1v) is 7.05. The summed E-state index contributed by atoms with van der Waals surface area (Å²) in [6.07, 6.45) is 4.84. The Kier molecular flexibility index (Phi) is 3.88. The molecule has 2 aromatic rings. The molecule has 0 saturated carbocycles. The van der Waals surface area contributed by atoms with Gasteiger partial charge >= 0.3 is 0 Å². The third-order valence-corrected chi connectivity index (χ3v) is 3.77. The molecule has 0 N–H and O–H groups in total. The lowest BCUT2D eigenvalue weighted by molar-refractivity contribution is 0.0974. The van der Waals surface area contributed by atoms with E-state index in [0.717, 1.165) is 31.6 Å². The van der Waals surface area contributed by atoms with Crippen LogP contribution in [0.2, 0.25) is 0 Å². The van der Waals surface area contributed by atoms with Gasteiger partial charge in [-0.3, -0.25) is 14.7 Å². The van der Waals surface area contributed by atoms with Gasteiger partial charge in [0.05, 0.1) is 0 Å². The van der Waals surface area contributed by atoms with Crippen molar-refractivity contribution >= 4 is 5.78 Å². The van der Waals surface area contributed by atoms with Gasteiger partial charge in [0.2, 0.25) is 0 Å². The molecule has 1 aliphatic rings. The molecule has 1 aromatic carbocycles. The van der Waals surface area contributed by atoms with E-state index in [1.807, 2.05) is 12.1 Å². The lowest BCUT2D eigenvalue weighted by atomic mass is 10.1. The molecule has 2 heterocycles. The number of rotatable bonds is 5. The normalized spacial score (nSPS) is 14.2. The number of nitrogens with zero attached hydrogens (tertiary/aromatic N) is 2. The Hall–Kier alpha value is -2.00. The van der Waals surface area contributed by atoms with Crippen molar-refractivity contribution in [2.24, 2.45) is 0 Å². The van der Waals surface area contributed by atoms with Crippen LogP contribution in [0.4, 0.5) is 0 Å². The van der Waals surface area contributed by atoms with E-state index in [9.17, 15) is 4.79 Å². The smallest absolute Gasteiger partial charge is 0.164 e. The molecule has 3 nitrogen and oxygen atoms in total. The van der Waals surface area contributed by atoms with Gasteiger partial charge in [-0.25, -0.2) is 0 Å². The Morgan fingerprint density at radius 3 is 2.50 bits per heavy atom. The van der Waals surface area contributed by atoms with Gasteiger partial charge < -0.3 is 0 Å². The highest BCUT2D eigenvalue weighted by Gasteiger charge is 2.17. The monoisotopic (exact) mass is 266 g/mol. The molecule has 3 heteroatoms. The van der Waals surface area contributed by atoms with Crippen LogP contribution in [0.5, 0.6) is 0 Å². The van der Waals surface area contributed by atoms with Crippen LogP contribution >= 0.6 is 0 Å². The molecule has 1 aliphatic heterocycles. The topological polar surface area (TPSA) is 33.2 Å². The second kappa shape index (κ2) is 5.97. The quantitative estimate of drug-likeness (QED) is 0.780. The summed E-state index contributed by atoms with van der Waals surface area (Å²) < 4.78 is 0. The van der Waals surface area contributed by atoms with Crippen LogP contribution in [-0.2, 0) is 13.1 Å². The predicted octanol–water partition coefficient (Wildman–Crippen LogP) is 3.06. The van der Waals surface area contributed by atoms with Crippen molar-refractivity contribution in [2.75, 3.05) is 6.54 Å². The lowest BCUT2D eigenvalue weighted by Gasteiger charge is -2.13. The minimum Gasteiger partial charge on any atom is -0.295 e. The van der Waals surface area contributed by atoms with Crippen LogP contribution in [0.25, 0.3) is 0 Å². The number of benzene rings is 1. The number of pyridine rings is 1. The maximum absolute atomic E-state index is 12.0. The Balaban J connectivity index is 1.47. The van der Waals surface area contributed by atoms with E-state index in [1.54, 1.807) is 12.4 Å². The molecular formula is C17H18N2O. The SMILES string of the molecule is O=C(CCCN1Cc2ccccc2C1)c1cccnc1. The second-order valence-corrected chi connectivity index (χ2v) is 5.25. The zero-order valence-electron chi connectivity index (χ0n) is 11.5. The highest BCUT2D eigenvalue weighted by molar-refractivity contribution is 5.95. The number of carbonyl (C=O) groups is 1. The van der Waals surface area contributed by atoms with E-state index in [2.05, 4.69) is 34.1 Å². The first kappa shape index (κ1) is 13.0. The van der Waals surface area contributed by atoms with E-state index in [1.165, 1.54) is 11.1 Å². The second-order valence-electron chi connectivity index (χ2n) is 5.25. The van der Waals surface area contributed by atoms with Gasteiger partial charge in [-0.05, 0) is 36.2 Å². The van der Waals surface area contributed by atoms with Gasteiger partial charge in [-0.1, -0.05) is 24.3 Å². The highest BCUT2D eigenvalue weighted by Crippen LogP contribution is 2.22. The molecule has 3 rings (SSSR count). The minimum atomic E-state index is 0.190. The Bertz CT molecular complexity index is 570. The molecule has 0 aliphatic carbocycles. The zero-order valence-corrected chi connectivity index (χ0v) is 11.5. The van der Waals surface area contributed by atoms with Crippen LogP contribution in [0.3, 0.4) is 0 Å². The molecule has 102 valence electrons. The average Bonchev–Trinajstić information content (AvgIpc) is 2.90. The predicted molar refractivity (Wildman–Crippen MR) is 78.4 cm³/mol. The van der Waals surface area contributed by atoms with Crippen LogP contribution in [0.1, 0.15) is 34.3 Å². The maximum atomic E-state index is 12.0. The van der Waals surface area contributed by atoms with Crippen molar-refractivity contribution in [2.45, 2.75) is 25.9 Å². The summed E-state index contributed by atoms with van der Waals surface area (Å²) >= 11 is 0. The fraction of sp³-hybridized carbons (Fsp3) is 0.294. The maximum Gasteiger partial charge on any atom is 0.164 e. The summed E-state index contributed by atoms with van der Waals surface area (Å²) in [4.78, 5) is 18.4. The van der Waals surface area contributed by atoms with Gasteiger partial charge in [0.15, 0.2) is 5.78 Å². The van der Waals surface area contributed by atoms with Crippen molar-refractivity contribution in [3.8, 4) is 0 Å².